The van der Waals surface area contributed by atoms with Crippen molar-refractivity contribution in [2.24, 2.45) is 5.92 Å². The third-order valence-electron chi connectivity index (χ3n) is 3.94. The van der Waals surface area contributed by atoms with Crippen molar-refractivity contribution in [3.8, 4) is 0 Å². The summed E-state index contributed by atoms with van der Waals surface area (Å²) in [4.78, 5) is 23.8. The summed E-state index contributed by atoms with van der Waals surface area (Å²) in [6.07, 6.45) is -5.36. The van der Waals surface area contributed by atoms with Gasteiger partial charge in [0.15, 0.2) is 15.9 Å². The third-order valence-corrected chi connectivity index (χ3v) is 5.78. The molecule has 2 unspecified atom stereocenters. The lowest BCUT2D eigenvalue weighted by Crippen LogP contribution is -2.30. The Morgan fingerprint density at radius 2 is 1.88 bits per heavy atom. The number of hydrogen-bond acceptors (Lipinski definition) is 5. The number of amides is 1. The monoisotopic (exact) mass is 393 g/mol. The van der Waals surface area contributed by atoms with E-state index < -0.39 is 39.6 Å². The van der Waals surface area contributed by atoms with Gasteiger partial charge in [0.2, 0.25) is 0 Å². The number of alkyl halides is 3. The van der Waals surface area contributed by atoms with Crippen molar-refractivity contribution in [3.63, 3.8) is 0 Å². The zero-order chi connectivity index (χ0) is 19.5. The van der Waals surface area contributed by atoms with E-state index in [4.69, 9.17) is 4.74 Å². The second kappa shape index (κ2) is 7.65. The average Bonchev–Trinajstić information content (AvgIpc) is 2.85. The minimum atomic E-state index is -4.47. The Kier molecular flexibility index (Phi) is 5.94. The molecule has 1 aromatic rings. The van der Waals surface area contributed by atoms with Crippen LogP contribution in [0.2, 0.25) is 0 Å². The van der Waals surface area contributed by atoms with Gasteiger partial charge in [-0.05, 0) is 43.5 Å². The number of anilines is 1. The zero-order valence-corrected chi connectivity index (χ0v) is 14.7. The predicted molar refractivity (Wildman–Crippen MR) is 87.0 cm³/mol. The third kappa shape index (κ3) is 5.72. The molecule has 1 amide bonds. The van der Waals surface area contributed by atoms with Gasteiger partial charge in [-0.2, -0.15) is 13.2 Å². The molecule has 2 rings (SSSR count). The Labute approximate surface area is 148 Å². The summed E-state index contributed by atoms with van der Waals surface area (Å²) in [5, 5.41) is 2.35. The SMILES string of the molecule is CC(OC(=O)CC1CCS(=O)(=O)C1)C(=O)Nc1ccc(C(F)(F)F)cc1. The van der Waals surface area contributed by atoms with Gasteiger partial charge >= 0.3 is 12.1 Å². The van der Waals surface area contributed by atoms with Gasteiger partial charge in [0.25, 0.3) is 5.91 Å². The van der Waals surface area contributed by atoms with Crippen LogP contribution in [0.5, 0.6) is 0 Å². The lowest BCUT2D eigenvalue weighted by Gasteiger charge is -2.15. The van der Waals surface area contributed by atoms with E-state index in [1.807, 2.05) is 0 Å². The molecule has 26 heavy (non-hydrogen) atoms. The maximum atomic E-state index is 12.5. The molecule has 1 fully saturated rings. The van der Waals surface area contributed by atoms with E-state index in [-0.39, 0.29) is 29.5 Å². The second-order valence-electron chi connectivity index (χ2n) is 6.17. The van der Waals surface area contributed by atoms with Gasteiger partial charge in [0.05, 0.1) is 17.1 Å². The Balaban J connectivity index is 1.84. The first-order valence-electron chi connectivity index (χ1n) is 7.84. The number of sulfone groups is 1. The quantitative estimate of drug-likeness (QED) is 0.776. The summed E-state index contributed by atoms with van der Waals surface area (Å²) >= 11 is 0. The first kappa shape index (κ1) is 20.2. The molecule has 2 atom stereocenters. The van der Waals surface area contributed by atoms with Crippen molar-refractivity contribution in [1.29, 1.82) is 0 Å². The molecule has 144 valence electrons. The Morgan fingerprint density at radius 1 is 1.27 bits per heavy atom. The van der Waals surface area contributed by atoms with Crippen LogP contribution in [0.1, 0.15) is 25.3 Å². The highest BCUT2D eigenvalue weighted by Crippen LogP contribution is 2.29. The molecule has 10 heteroatoms. The molecule has 1 heterocycles. The minimum Gasteiger partial charge on any atom is -0.453 e. The van der Waals surface area contributed by atoms with Crippen LogP contribution in [0.4, 0.5) is 18.9 Å². The van der Waals surface area contributed by atoms with E-state index in [2.05, 4.69) is 5.32 Å². The maximum Gasteiger partial charge on any atom is 0.416 e. The number of nitrogens with one attached hydrogen (secondary N) is 1. The molecule has 0 aromatic heterocycles. The molecule has 0 spiro atoms. The highest BCUT2D eigenvalue weighted by atomic mass is 32.2. The van der Waals surface area contributed by atoms with E-state index >= 15 is 0 Å². The molecule has 1 aromatic carbocycles. The molecule has 6 nitrogen and oxygen atoms in total. The topological polar surface area (TPSA) is 89.5 Å². The standard InChI is InChI=1S/C16H18F3NO5S/c1-10(25-14(21)8-11-6-7-26(23,24)9-11)15(22)20-13-4-2-12(3-5-13)16(17,18)19/h2-5,10-11H,6-9H2,1H3,(H,20,22). The molecule has 0 saturated carbocycles. The maximum absolute atomic E-state index is 12.5. The number of carbonyl (C=O) groups is 2. The summed E-state index contributed by atoms with van der Waals surface area (Å²) in [6, 6.07) is 3.84. The molecular weight excluding hydrogens is 375 g/mol. The number of benzene rings is 1. The van der Waals surface area contributed by atoms with Crippen LogP contribution >= 0.6 is 0 Å². The van der Waals surface area contributed by atoms with E-state index in [1.165, 1.54) is 6.92 Å². The van der Waals surface area contributed by atoms with E-state index in [0.717, 1.165) is 24.3 Å². The number of ether oxygens (including phenoxy) is 1. The van der Waals surface area contributed by atoms with Gasteiger partial charge in [-0.15, -0.1) is 0 Å². The molecule has 1 aliphatic heterocycles. The Bertz CT molecular complexity index is 774. The van der Waals surface area contributed by atoms with Crippen LogP contribution < -0.4 is 5.32 Å². The van der Waals surface area contributed by atoms with Gasteiger partial charge in [-0.25, -0.2) is 8.42 Å². The van der Waals surface area contributed by atoms with Crippen LogP contribution in [0.25, 0.3) is 0 Å². The van der Waals surface area contributed by atoms with Crippen LogP contribution in [0, 0.1) is 5.92 Å². The summed E-state index contributed by atoms with van der Waals surface area (Å²) in [5.74, 6) is -1.75. The fraction of sp³-hybridized carbons (Fsp3) is 0.500. The van der Waals surface area contributed by atoms with Crippen LogP contribution in [-0.2, 0) is 30.3 Å². The zero-order valence-electron chi connectivity index (χ0n) is 13.9. The average molecular weight is 393 g/mol. The van der Waals surface area contributed by atoms with Gasteiger partial charge < -0.3 is 10.1 Å². The summed E-state index contributed by atoms with van der Waals surface area (Å²) < 4.78 is 65.1. The van der Waals surface area contributed by atoms with Crippen LogP contribution in [-0.4, -0.2) is 37.9 Å². The normalized spacial score (nSPS) is 20.4. The smallest absolute Gasteiger partial charge is 0.416 e. The molecule has 0 radical (unpaired) electrons. The minimum absolute atomic E-state index is 0.0366. The van der Waals surface area contributed by atoms with E-state index in [1.54, 1.807) is 0 Å². The fourth-order valence-electron chi connectivity index (χ4n) is 2.55. The Morgan fingerprint density at radius 3 is 2.38 bits per heavy atom. The molecular formula is C16H18F3NO5S. The number of esters is 1. The van der Waals surface area contributed by atoms with Crippen LogP contribution in [0.15, 0.2) is 24.3 Å². The van der Waals surface area contributed by atoms with Crippen LogP contribution in [0.3, 0.4) is 0 Å². The number of carbonyl (C=O) groups excluding carboxylic acids is 2. The molecule has 1 saturated heterocycles. The molecule has 1 N–H and O–H groups in total. The number of hydrogen-bond donors (Lipinski definition) is 1. The summed E-state index contributed by atoms with van der Waals surface area (Å²) in [5.41, 5.74) is -0.714. The first-order valence-corrected chi connectivity index (χ1v) is 9.66. The fourth-order valence-corrected chi connectivity index (χ4v) is 4.42. The summed E-state index contributed by atoms with van der Waals surface area (Å²) in [6.45, 7) is 1.32. The highest BCUT2D eigenvalue weighted by molar-refractivity contribution is 7.91. The first-order chi connectivity index (χ1) is 12.0. The van der Waals surface area contributed by atoms with E-state index in [9.17, 15) is 31.2 Å². The second-order valence-corrected chi connectivity index (χ2v) is 8.40. The van der Waals surface area contributed by atoms with Gasteiger partial charge in [-0.3, -0.25) is 9.59 Å². The largest absolute Gasteiger partial charge is 0.453 e. The lowest BCUT2D eigenvalue weighted by molar-refractivity contribution is -0.153. The van der Waals surface area contributed by atoms with Gasteiger partial charge in [0.1, 0.15) is 0 Å². The van der Waals surface area contributed by atoms with E-state index in [0.29, 0.717) is 6.42 Å². The Hall–Kier alpha value is -2.10. The molecule has 1 aliphatic rings. The van der Waals surface area contributed by atoms with Crippen molar-refractivity contribution in [2.75, 3.05) is 16.8 Å². The van der Waals surface area contributed by atoms with Crippen molar-refractivity contribution >= 4 is 27.4 Å². The van der Waals surface area contributed by atoms with Crippen molar-refractivity contribution in [1.82, 2.24) is 0 Å². The predicted octanol–water partition coefficient (Wildman–Crippen LogP) is 2.40. The number of rotatable bonds is 5. The van der Waals surface area contributed by atoms with Gasteiger partial charge in [-0.1, -0.05) is 0 Å². The van der Waals surface area contributed by atoms with Crippen molar-refractivity contribution in [2.45, 2.75) is 32.0 Å². The van der Waals surface area contributed by atoms with Crippen molar-refractivity contribution in [3.05, 3.63) is 29.8 Å². The molecule has 0 aliphatic carbocycles. The highest BCUT2D eigenvalue weighted by Gasteiger charge is 2.31. The van der Waals surface area contributed by atoms with Crippen molar-refractivity contribution < 1.29 is 35.9 Å². The summed E-state index contributed by atoms with van der Waals surface area (Å²) in [7, 11) is -3.11. The van der Waals surface area contributed by atoms with Gasteiger partial charge in [0, 0.05) is 12.1 Å². The number of halogens is 3. The lowest BCUT2D eigenvalue weighted by atomic mass is 10.1. The molecule has 0 bridgehead atoms.